The number of hydrogen-bond donors (Lipinski definition) is 1. The molecule has 4 rings (SSSR count). The van der Waals surface area contributed by atoms with E-state index in [0.29, 0.717) is 30.6 Å². The summed E-state index contributed by atoms with van der Waals surface area (Å²) < 4.78 is 5.72. The molecule has 6 heteroatoms. The smallest absolute Gasteiger partial charge is 0.410 e. The minimum atomic E-state index is -0.521. The molecule has 0 radical (unpaired) electrons. The quantitative estimate of drug-likeness (QED) is 0.365. The molecule has 5 nitrogen and oxygen atoms in total. The first kappa shape index (κ1) is 25.9. The number of carbonyl (C=O) groups is 1. The summed E-state index contributed by atoms with van der Waals surface area (Å²) >= 11 is 6.19. The Morgan fingerprint density at radius 1 is 0.972 bits per heavy atom. The molecule has 3 aromatic rings. The third kappa shape index (κ3) is 7.17. The molecule has 1 aliphatic heterocycles. The van der Waals surface area contributed by atoms with Crippen LogP contribution in [-0.4, -0.2) is 36.2 Å². The van der Waals surface area contributed by atoms with Gasteiger partial charge in [-0.2, -0.15) is 0 Å². The topological polar surface area (TPSA) is 58.8 Å². The van der Waals surface area contributed by atoms with Crippen LogP contribution in [0.4, 0.5) is 16.2 Å². The number of rotatable bonds is 7. The average Bonchev–Trinajstić information content (AvgIpc) is 3.21. The van der Waals surface area contributed by atoms with Crippen LogP contribution in [0.3, 0.4) is 0 Å². The Bertz CT molecular complexity index is 1140. The van der Waals surface area contributed by atoms with Crippen molar-refractivity contribution < 1.29 is 9.53 Å². The maximum absolute atomic E-state index is 13.0. The van der Waals surface area contributed by atoms with Gasteiger partial charge in [0.2, 0.25) is 0 Å². The van der Waals surface area contributed by atoms with Crippen molar-refractivity contribution in [1.29, 1.82) is 0 Å². The van der Waals surface area contributed by atoms with E-state index in [1.807, 2.05) is 62.1 Å². The molecule has 1 heterocycles. The number of halogens is 1. The number of likely N-dealkylation sites (tertiary alicyclic amines) is 1. The number of nitrogens with zero attached hydrogens (tertiary/aromatic N) is 2. The van der Waals surface area contributed by atoms with E-state index in [0.717, 1.165) is 29.9 Å². The summed E-state index contributed by atoms with van der Waals surface area (Å²) in [6.07, 6.45) is 0.675. The maximum atomic E-state index is 13.0. The summed E-state index contributed by atoms with van der Waals surface area (Å²) in [4.78, 5) is 17.2. The lowest BCUT2D eigenvalue weighted by Crippen LogP contribution is -2.36. The van der Waals surface area contributed by atoms with Gasteiger partial charge in [-0.15, -0.1) is 0 Å². The number of hydrogen-bond acceptors (Lipinski definition) is 4. The Hall–Kier alpha value is -3.18. The lowest BCUT2D eigenvalue weighted by Gasteiger charge is -2.30. The van der Waals surface area contributed by atoms with Crippen molar-refractivity contribution in [2.24, 2.45) is 11.8 Å². The van der Waals surface area contributed by atoms with Gasteiger partial charge >= 0.3 is 6.09 Å². The van der Waals surface area contributed by atoms with Gasteiger partial charge in [-0.1, -0.05) is 54.1 Å². The van der Waals surface area contributed by atoms with E-state index < -0.39 is 5.60 Å². The van der Waals surface area contributed by atoms with Crippen LogP contribution in [0.5, 0.6) is 0 Å². The van der Waals surface area contributed by atoms with E-state index in [1.165, 1.54) is 5.56 Å². The zero-order chi connectivity index (χ0) is 25.7. The van der Waals surface area contributed by atoms with Gasteiger partial charge in [0, 0.05) is 42.6 Å². The van der Waals surface area contributed by atoms with Crippen LogP contribution < -0.4 is 10.6 Å². The van der Waals surface area contributed by atoms with Gasteiger partial charge in [0.1, 0.15) is 5.60 Å². The standard InChI is InChI=1S/C30H36ClN3O2/c1-30(2,3)36-29(35)34-19-24(16-22-8-5-4-6-9-22)25(21-34)20-33(28-14-12-26(31)13-15-28)18-23-10-7-11-27(32)17-23/h4-15,17,24-25H,16,18-21,32H2,1-3H3/t24-,25-/m1/s1. The molecule has 190 valence electrons. The highest BCUT2D eigenvalue weighted by molar-refractivity contribution is 6.30. The molecule has 2 atom stereocenters. The van der Waals surface area contributed by atoms with Crippen LogP contribution in [-0.2, 0) is 17.7 Å². The molecule has 1 aliphatic rings. The summed E-state index contributed by atoms with van der Waals surface area (Å²) in [7, 11) is 0. The molecule has 0 unspecified atom stereocenters. The molecule has 0 aliphatic carbocycles. The SMILES string of the molecule is CC(C)(C)OC(=O)N1C[C@@H](Cc2ccccc2)[C@H](CN(Cc2cccc(N)c2)c2ccc(Cl)cc2)C1. The van der Waals surface area contributed by atoms with E-state index in [-0.39, 0.29) is 12.0 Å². The van der Waals surface area contributed by atoms with E-state index in [1.54, 1.807) is 0 Å². The highest BCUT2D eigenvalue weighted by Gasteiger charge is 2.38. The van der Waals surface area contributed by atoms with E-state index in [9.17, 15) is 4.79 Å². The van der Waals surface area contributed by atoms with Gasteiger partial charge in [-0.3, -0.25) is 0 Å². The van der Waals surface area contributed by atoms with Gasteiger partial charge in [-0.25, -0.2) is 4.79 Å². The second-order valence-corrected chi connectivity index (χ2v) is 11.1. The van der Waals surface area contributed by atoms with Crippen molar-refractivity contribution in [3.05, 3.63) is 95.0 Å². The predicted octanol–water partition coefficient (Wildman–Crippen LogP) is 6.65. The first-order chi connectivity index (χ1) is 17.2. The number of nitrogen functional groups attached to an aromatic ring is 1. The molecule has 3 aromatic carbocycles. The highest BCUT2D eigenvalue weighted by atomic mass is 35.5. The number of ether oxygens (including phenoxy) is 1. The third-order valence-corrected chi connectivity index (χ3v) is 6.79. The zero-order valence-corrected chi connectivity index (χ0v) is 22.1. The number of amides is 1. The van der Waals surface area contributed by atoms with Crippen molar-refractivity contribution in [2.45, 2.75) is 39.3 Å². The normalized spacial score (nSPS) is 17.7. The second-order valence-electron chi connectivity index (χ2n) is 10.7. The molecule has 0 saturated carbocycles. The molecule has 0 aromatic heterocycles. The first-order valence-corrected chi connectivity index (χ1v) is 12.9. The largest absolute Gasteiger partial charge is 0.444 e. The fraction of sp³-hybridized carbons (Fsp3) is 0.367. The van der Waals surface area contributed by atoms with E-state index in [2.05, 4.69) is 47.4 Å². The van der Waals surface area contributed by atoms with Crippen molar-refractivity contribution in [2.75, 3.05) is 30.3 Å². The minimum Gasteiger partial charge on any atom is -0.444 e. The number of anilines is 2. The van der Waals surface area contributed by atoms with Crippen molar-refractivity contribution >= 4 is 29.1 Å². The molecule has 0 spiro atoms. The molecule has 1 saturated heterocycles. The number of benzene rings is 3. The van der Waals surface area contributed by atoms with Crippen LogP contribution in [0.2, 0.25) is 5.02 Å². The Morgan fingerprint density at radius 3 is 2.31 bits per heavy atom. The summed E-state index contributed by atoms with van der Waals surface area (Å²) in [6, 6.07) is 26.5. The molecular formula is C30H36ClN3O2. The fourth-order valence-corrected chi connectivity index (χ4v) is 5.00. The van der Waals surface area contributed by atoms with Crippen LogP contribution in [0, 0.1) is 11.8 Å². The monoisotopic (exact) mass is 505 g/mol. The molecule has 1 fully saturated rings. The van der Waals surface area contributed by atoms with Gasteiger partial charge in [0.15, 0.2) is 0 Å². The van der Waals surface area contributed by atoms with Gasteiger partial charge < -0.3 is 20.3 Å². The van der Waals surface area contributed by atoms with Gasteiger partial charge in [0.25, 0.3) is 0 Å². The second kappa shape index (κ2) is 11.3. The van der Waals surface area contributed by atoms with E-state index >= 15 is 0 Å². The fourth-order valence-electron chi connectivity index (χ4n) is 4.88. The van der Waals surface area contributed by atoms with Crippen molar-refractivity contribution in [3.8, 4) is 0 Å². The van der Waals surface area contributed by atoms with Gasteiger partial charge in [0.05, 0.1) is 0 Å². The lowest BCUT2D eigenvalue weighted by atomic mass is 9.89. The molecule has 36 heavy (non-hydrogen) atoms. The zero-order valence-electron chi connectivity index (χ0n) is 21.4. The van der Waals surface area contributed by atoms with Crippen molar-refractivity contribution in [3.63, 3.8) is 0 Å². The lowest BCUT2D eigenvalue weighted by molar-refractivity contribution is 0.0284. The molecular weight excluding hydrogens is 470 g/mol. The Labute approximate surface area is 219 Å². The summed E-state index contributed by atoms with van der Waals surface area (Å²) in [5, 5.41) is 0.710. The predicted molar refractivity (Wildman–Crippen MR) is 148 cm³/mol. The highest BCUT2D eigenvalue weighted by Crippen LogP contribution is 2.31. The van der Waals surface area contributed by atoms with E-state index in [4.69, 9.17) is 22.1 Å². The first-order valence-electron chi connectivity index (χ1n) is 12.5. The maximum Gasteiger partial charge on any atom is 0.410 e. The van der Waals surface area contributed by atoms with Crippen LogP contribution >= 0.6 is 11.6 Å². The van der Waals surface area contributed by atoms with Crippen molar-refractivity contribution in [1.82, 2.24) is 4.90 Å². The summed E-state index contributed by atoms with van der Waals surface area (Å²) in [5.74, 6) is 0.588. The van der Waals surface area contributed by atoms with Crippen LogP contribution in [0.15, 0.2) is 78.9 Å². The van der Waals surface area contributed by atoms with Gasteiger partial charge in [-0.05, 0) is 86.6 Å². The summed E-state index contributed by atoms with van der Waals surface area (Å²) in [5.41, 5.74) is 9.83. The number of carbonyl (C=O) groups excluding carboxylic acids is 1. The molecule has 0 bridgehead atoms. The molecule has 1 amide bonds. The Kier molecular flexibility index (Phi) is 8.10. The van der Waals surface area contributed by atoms with Crippen LogP contribution in [0.1, 0.15) is 31.9 Å². The minimum absolute atomic E-state index is 0.239. The average molecular weight is 506 g/mol. The Morgan fingerprint density at radius 2 is 1.64 bits per heavy atom. The molecule has 2 N–H and O–H groups in total. The Balaban J connectivity index is 1.59. The number of nitrogens with two attached hydrogens (primary N) is 1. The summed E-state index contributed by atoms with van der Waals surface area (Å²) in [6.45, 7) is 8.59. The van der Waals surface area contributed by atoms with Crippen LogP contribution in [0.25, 0.3) is 0 Å². The third-order valence-electron chi connectivity index (χ3n) is 6.54.